The lowest BCUT2D eigenvalue weighted by Crippen LogP contribution is -2.50. The van der Waals surface area contributed by atoms with E-state index < -0.39 is 0 Å². The predicted molar refractivity (Wildman–Crippen MR) is 114 cm³/mol. The van der Waals surface area contributed by atoms with Crippen molar-refractivity contribution in [3.8, 4) is 11.1 Å². The molecule has 7 heteroatoms. The van der Waals surface area contributed by atoms with Gasteiger partial charge in [-0.15, -0.1) is 0 Å². The van der Waals surface area contributed by atoms with Crippen molar-refractivity contribution < 1.29 is 4.79 Å². The summed E-state index contributed by atoms with van der Waals surface area (Å²) in [6, 6.07) is 6.66. The summed E-state index contributed by atoms with van der Waals surface area (Å²) in [7, 11) is 1.90. The maximum Gasteiger partial charge on any atom is 0.154 e. The van der Waals surface area contributed by atoms with Crippen LogP contribution in [0.15, 0.2) is 36.8 Å². The maximum atomic E-state index is 12.6. The quantitative estimate of drug-likeness (QED) is 0.641. The van der Waals surface area contributed by atoms with Crippen LogP contribution in [0.5, 0.6) is 0 Å². The van der Waals surface area contributed by atoms with Gasteiger partial charge in [0.1, 0.15) is 5.82 Å². The van der Waals surface area contributed by atoms with Crippen molar-refractivity contribution in [3.05, 3.63) is 42.6 Å². The zero-order chi connectivity index (χ0) is 20.4. The Hall–Kier alpha value is -2.64. The van der Waals surface area contributed by atoms with E-state index in [1.54, 1.807) is 10.9 Å². The van der Waals surface area contributed by atoms with Gasteiger partial charge in [0.15, 0.2) is 5.78 Å². The molecule has 0 saturated carbocycles. The Kier molecular flexibility index (Phi) is 5.69. The first-order chi connectivity index (χ1) is 14.0. The fourth-order valence-electron chi connectivity index (χ4n) is 3.82. The molecule has 3 aromatic rings. The van der Waals surface area contributed by atoms with Crippen LogP contribution in [0.2, 0.25) is 0 Å². The lowest BCUT2D eigenvalue weighted by molar-refractivity contribution is -0.120. The standard InChI is InChI=1S/C22H28N6O/c1-16(2)28-8-6-27(7-9-28)15-20(29)11-22-23-12-18-5-4-17(10-21(18)25-22)19-13-24-26(3)14-19/h4-5,10,12-14,16H,6-9,11,15H2,1-3H3. The second kappa shape index (κ2) is 8.39. The fourth-order valence-corrected chi connectivity index (χ4v) is 3.82. The Labute approximate surface area is 171 Å². The second-order valence-electron chi connectivity index (χ2n) is 8.08. The van der Waals surface area contributed by atoms with Gasteiger partial charge in [0, 0.05) is 62.6 Å². The molecule has 0 amide bonds. The molecule has 0 atom stereocenters. The highest BCUT2D eigenvalue weighted by Gasteiger charge is 2.20. The molecule has 1 saturated heterocycles. The van der Waals surface area contributed by atoms with Crippen LogP contribution in [-0.2, 0) is 18.3 Å². The van der Waals surface area contributed by atoms with E-state index >= 15 is 0 Å². The molecule has 1 fully saturated rings. The minimum absolute atomic E-state index is 0.172. The second-order valence-corrected chi connectivity index (χ2v) is 8.08. The smallest absolute Gasteiger partial charge is 0.154 e. The number of hydrogen-bond acceptors (Lipinski definition) is 6. The minimum Gasteiger partial charge on any atom is -0.298 e. The van der Waals surface area contributed by atoms with Crippen LogP contribution < -0.4 is 0 Å². The molecule has 0 spiro atoms. The summed E-state index contributed by atoms with van der Waals surface area (Å²) in [4.78, 5) is 26.3. The van der Waals surface area contributed by atoms with Crippen LogP contribution in [0.25, 0.3) is 22.0 Å². The zero-order valence-electron chi connectivity index (χ0n) is 17.4. The molecule has 152 valence electrons. The summed E-state index contributed by atoms with van der Waals surface area (Å²) < 4.78 is 1.78. The van der Waals surface area contributed by atoms with E-state index in [9.17, 15) is 4.79 Å². The van der Waals surface area contributed by atoms with Crippen molar-refractivity contribution in [2.24, 2.45) is 7.05 Å². The normalized spacial score (nSPS) is 16.0. The lowest BCUT2D eigenvalue weighted by Gasteiger charge is -2.36. The highest BCUT2D eigenvalue weighted by Crippen LogP contribution is 2.22. The van der Waals surface area contributed by atoms with Gasteiger partial charge >= 0.3 is 0 Å². The van der Waals surface area contributed by atoms with Gasteiger partial charge in [-0.3, -0.25) is 19.3 Å². The summed E-state index contributed by atoms with van der Waals surface area (Å²) in [5.74, 6) is 0.761. The SMILES string of the molecule is CC(C)N1CCN(CC(=O)Cc2ncc3ccc(-c4cnn(C)c4)cc3n2)CC1. The number of Topliss-reactive ketones (excluding diaryl/α,β-unsaturated/α-hetero) is 1. The third-order valence-corrected chi connectivity index (χ3v) is 5.56. The molecular weight excluding hydrogens is 364 g/mol. The average molecular weight is 393 g/mol. The van der Waals surface area contributed by atoms with Crippen LogP contribution in [0, 0.1) is 0 Å². The molecule has 29 heavy (non-hydrogen) atoms. The Morgan fingerprint density at radius 2 is 1.90 bits per heavy atom. The summed E-state index contributed by atoms with van der Waals surface area (Å²) in [5.41, 5.74) is 2.96. The van der Waals surface area contributed by atoms with Gasteiger partial charge in [-0.2, -0.15) is 5.10 Å². The average Bonchev–Trinajstić information content (AvgIpc) is 3.14. The Morgan fingerprint density at radius 1 is 1.10 bits per heavy atom. The van der Waals surface area contributed by atoms with Crippen LogP contribution in [0.4, 0.5) is 0 Å². The fraction of sp³-hybridized carbons (Fsp3) is 0.455. The number of nitrogens with zero attached hydrogens (tertiary/aromatic N) is 6. The number of benzene rings is 1. The summed E-state index contributed by atoms with van der Waals surface area (Å²) in [6.45, 7) is 8.84. The lowest BCUT2D eigenvalue weighted by atomic mass is 10.1. The molecule has 1 aliphatic heterocycles. The third-order valence-electron chi connectivity index (χ3n) is 5.56. The first-order valence-electron chi connectivity index (χ1n) is 10.2. The molecule has 1 aromatic carbocycles. The van der Waals surface area contributed by atoms with Crippen LogP contribution >= 0.6 is 0 Å². The number of hydrogen-bond donors (Lipinski definition) is 0. The zero-order valence-corrected chi connectivity index (χ0v) is 17.4. The number of rotatable bonds is 6. The third kappa shape index (κ3) is 4.68. The van der Waals surface area contributed by atoms with E-state index in [-0.39, 0.29) is 12.2 Å². The largest absolute Gasteiger partial charge is 0.298 e. The van der Waals surface area contributed by atoms with E-state index in [2.05, 4.69) is 38.7 Å². The summed E-state index contributed by atoms with van der Waals surface area (Å²) in [5, 5.41) is 5.20. The Bertz CT molecular complexity index is 1000. The molecule has 4 rings (SSSR count). The van der Waals surface area contributed by atoms with Gasteiger partial charge < -0.3 is 0 Å². The number of ketones is 1. The van der Waals surface area contributed by atoms with Gasteiger partial charge in [0.2, 0.25) is 0 Å². The topological polar surface area (TPSA) is 67.2 Å². The van der Waals surface area contributed by atoms with Crippen LogP contribution in [0.3, 0.4) is 0 Å². The van der Waals surface area contributed by atoms with E-state index in [0.29, 0.717) is 18.4 Å². The number of piperazine rings is 1. The van der Waals surface area contributed by atoms with E-state index in [1.165, 1.54) is 0 Å². The first kappa shape index (κ1) is 19.7. The van der Waals surface area contributed by atoms with E-state index in [0.717, 1.165) is 48.2 Å². The first-order valence-corrected chi connectivity index (χ1v) is 10.2. The molecule has 0 N–H and O–H groups in total. The summed E-state index contributed by atoms with van der Waals surface area (Å²) >= 11 is 0. The van der Waals surface area contributed by atoms with Gasteiger partial charge in [-0.1, -0.05) is 12.1 Å². The highest BCUT2D eigenvalue weighted by molar-refractivity contribution is 5.85. The van der Waals surface area contributed by atoms with Crippen molar-refractivity contribution in [1.82, 2.24) is 29.5 Å². The van der Waals surface area contributed by atoms with Crippen LogP contribution in [-0.4, -0.2) is 74.1 Å². The van der Waals surface area contributed by atoms with Crippen molar-refractivity contribution >= 4 is 16.7 Å². The molecule has 2 aromatic heterocycles. The molecule has 0 radical (unpaired) electrons. The number of fused-ring (bicyclic) bond motifs is 1. The van der Waals surface area contributed by atoms with Gasteiger partial charge in [-0.25, -0.2) is 9.97 Å². The Morgan fingerprint density at radius 3 is 2.59 bits per heavy atom. The van der Waals surface area contributed by atoms with Crippen molar-refractivity contribution in [1.29, 1.82) is 0 Å². The molecule has 3 heterocycles. The molecular formula is C22H28N6O. The van der Waals surface area contributed by atoms with E-state index in [1.807, 2.05) is 37.6 Å². The summed E-state index contributed by atoms with van der Waals surface area (Å²) in [6.07, 6.45) is 5.90. The predicted octanol–water partition coefficient (Wildman–Crippen LogP) is 2.17. The van der Waals surface area contributed by atoms with Gasteiger partial charge in [-0.05, 0) is 25.5 Å². The van der Waals surface area contributed by atoms with Crippen molar-refractivity contribution in [2.45, 2.75) is 26.3 Å². The number of carbonyl (C=O) groups is 1. The molecule has 0 bridgehead atoms. The van der Waals surface area contributed by atoms with Crippen LogP contribution in [0.1, 0.15) is 19.7 Å². The van der Waals surface area contributed by atoms with Crippen molar-refractivity contribution in [3.63, 3.8) is 0 Å². The van der Waals surface area contributed by atoms with E-state index in [4.69, 9.17) is 0 Å². The molecule has 0 unspecified atom stereocenters. The van der Waals surface area contributed by atoms with Gasteiger partial charge in [0.25, 0.3) is 0 Å². The minimum atomic E-state index is 0.172. The number of aromatic nitrogens is 4. The monoisotopic (exact) mass is 392 g/mol. The van der Waals surface area contributed by atoms with Crippen molar-refractivity contribution in [2.75, 3.05) is 32.7 Å². The highest BCUT2D eigenvalue weighted by atomic mass is 16.1. The molecule has 1 aliphatic rings. The number of carbonyl (C=O) groups excluding carboxylic acids is 1. The number of aryl methyl sites for hydroxylation is 1. The Balaban J connectivity index is 1.42. The van der Waals surface area contributed by atoms with Gasteiger partial charge in [0.05, 0.1) is 24.7 Å². The maximum absolute atomic E-state index is 12.6. The molecule has 0 aliphatic carbocycles. The molecule has 7 nitrogen and oxygen atoms in total.